The van der Waals surface area contributed by atoms with Crippen molar-refractivity contribution < 1.29 is 13.6 Å². The van der Waals surface area contributed by atoms with Gasteiger partial charge in [0, 0.05) is 11.3 Å². The zero-order valence-corrected chi connectivity index (χ0v) is 15.8. The summed E-state index contributed by atoms with van der Waals surface area (Å²) in [7, 11) is 0. The van der Waals surface area contributed by atoms with E-state index >= 15 is 0 Å². The Morgan fingerprint density at radius 2 is 1.89 bits per heavy atom. The highest BCUT2D eigenvalue weighted by atomic mass is 32.2. The Morgan fingerprint density at radius 1 is 1.07 bits per heavy atom. The highest BCUT2D eigenvalue weighted by molar-refractivity contribution is 7.99. The zero-order chi connectivity index (χ0) is 19.5. The molecule has 5 nitrogen and oxygen atoms in total. The molecule has 0 unspecified atom stereocenters. The zero-order valence-electron chi connectivity index (χ0n) is 15.0. The highest BCUT2D eigenvalue weighted by Crippen LogP contribution is 2.26. The molecule has 3 aromatic carbocycles. The Kier molecular flexibility index (Phi) is 5.08. The first-order chi connectivity index (χ1) is 13.6. The predicted octanol–water partition coefficient (Wildman–Crippen LogP) is 5.07. The van der Waals surface area contributed by atoms with Crippen molar-refractivity contribution in [2.75, 3.05) is 11.1 Å². The average molecular weight is 393 g/mol. The van der Waals surface area contributed by atoms with Gasteiger partial charge in [0.2, 0.25) is 11.8 Å². The highest BCUT2D eigenvalue weighted by Gasteiger charge is 2.12. The van der Waals surface area contributed by atoms with E-state index in [9.17, 15) is 9.18 Å². The van der Waals surface area contributed by atoms with Crippen molar-refractivity contribution in [1.82, 2.24) is 10.2 Å². The van der Waals surface area contributed by atoms with Gasteiger partial charge >= 0.3 is 0 Å². The van der Waals surface area contributed by atoms with Gasteiger partial charge < -0.3 is 9.73 Å². The molecule has 140 valence electrons. The van der Waals surface area contributed by atoms with Crippen LogP contribution in [-0.2, 0) is 4.79 Å². The van der Waals surface area contributed by atoms with Gasteiger partial charge in [0.15, 0.2) is 0 Å². The molecular formula is C21H16FN3O2S. The third-order valence-corrected chi connectivity index (χ3v) is 5.01. The lowest BCUT2D eigenvalue weighted by atomic mass is 10.1. The minimum Gasteiger partial charge on any atom is -0.411 e. The van der Waals surface area contributed by atoms with Crippen LogP contribution in [0.3, 0.4) is 0 Å². The van der Waals surface area contributed by atoms with Gasteiger partial charge in [-0.05, 0) is 53.6 Å². The summed E-state index contributed by atoms with van der Waals surface area (Å²) in [5.74, 6) is -0.0546. The Labute approximate surface area is 165 Å². The number of carbonyl (C=O) groups excluding carboxylic acids is 1. The summed E-state index contributed by atoms with van der Waals surface area (Å²) in [6.45, 7) is 1.74. The molecule has 1 amide bonds. The Bertz CT molecular complexity index is 1160. The fraction of sp³-hybridized carbons (Fsp3) is 0.0952. The van der Waals surface area contributed by atoms with Crippen LogP contribution in [0.15, 0.2) is 70.3 Å². The second-order valence-electron chi connectivity index (χ2n) is 6.23. The van der Waals surface area contributed by atoms with E-state index in [0.29, 0.717) is 22.4 Å². The van der Waals surface area contributed by atoms with Crippen molar-refractivity contribution >= 4 is 34.1 Å². The lowest BCUT2D eigenvalue weighted by Crippen LogP contribution is -2.14. The number of aryl methyl sites for hydroxylation is 1. The Morgan fingerprint density at radius 3 is 2.71 bits per heavy atom. The third kappa shape index (κ3) is 4.04. The predicted molar refractivity (Wildman–Crippen MR) is 108 cm³/mol. The molecule has 0 aliphatic carbocycles. The molecule has 0 fully saturated rings. The van der Waals surface area contributed by atoms with Crippen LogP contribution in [0.4, 0.5) is 10.1 Å². The number of nitrogens with zero attached hydrogens (tertiary/aromatic N) is 2. The number of benzene rings is 3. The number of hydrogen-bond acceptors (Lipinski definition) is 5. The normalized spacial score (nSPS) is 10.9. The summed E-state index contributed by atoms with van der Waals surface area (Å²) < 4.78 is 18.8. The van der Waals surface area contributed by atoms with Crippen LogP contribution in [0.25, 0.3) is 22.2 Å². The second-order valence-corrected chi connectivity index (χ2v) is 7.16. The van der Waals surface area contributed by atoms with E-state index in [1.165, 1.54) is 18.2 Å². The molecule has 0 radical (unpaired) electrons. The quantitative estimate of drug-likeness (QED) is 0.480. The number of aromatic nitrogens is 2. The number of hydrogen-bond donors (Lipinski definition) is 1. The van der Waals surface area contributed by atoms with E-state index in [4.69, 9.17) is 4.42 Å². The maximum Gasteiger partial charge on any atom is 0.277 e. The van der Waals surface area contributed by atoms with Crippen LogP contribution in [0, 0.1) is 12.7 Å². The minimum absolute atomic E-state index is 0.107. The van der Waals surface area contributed by atoms with E-state index in [2.05, 4.69) is 15.5 Å². The van der Waals surface area contributed by atoms with Crippen molar-refractivity contribution in [2.24, 2.45) is 0 Å². The van der Waals surface area contributed by atoms with E-state index in [1.54, 1.807) is 6.92 Å². The summed E-state index contributed by atoms with van der Waals surface area (Å²) in [6, 6.07) is 18.2. The molecule has 28 heavy (non-hydrogen) atoms. The first-order valence-electron chi connectivity index (χ1n) is 8.60. The standard InChI is InChI=1S/C21H16FN3O2S/c1-13-10-17(22)8-9-18(13)23-19(26)12-28-21-25-24-20(27-21)16-7-6-14-4-2-3-5-15(14)11-16/h2-11H,12H2,1H3,(H,23,26). The van der Waals surface area contributed by atoms with E-state index in [-0.39, 0.29) is 17.5 Å². The van der Waals surface area contributed by atoms with Gasteiger partial charge in [0.05, 0.1) is 5.75 Å². The number of nitrogens with one attached hydrogen (secondary N) is 1. The van der Waals surface area contributed by atoms with Gasteiger partial charge in [0.1, 0.15) is 5.82 Å². The Balaban J connectivity index is 1.40. The number of amides is 1. The van der Waals surface area contributed by atoms with Crippen LogP contribution in [0.2, 0.25) is 0 Å². The molecule has 0 bridgehead atoms. The molecule has 0 saturated heterocycles. The number of halogens is 1. The van der Waals surface area contributed by atoms with Crippen LogP contribution in [-0.4, -0.2) is 21.9 Å². The van der Waals surface area contributed by atoms with Crippen LogP contribution < -0.4 is 5.32 Å². The van der Waals surface area contributed by atoms with Gasteiger partial charge in [0.25, 0.3) is 5.22 Å². The lowest BCUT2D eigenvalue weighted by molar-refractivity contribution is -0.113. The fourth-order valence-corrected chi connectivity index (χ4v) is 3.35. The first kappa shape index (κ1) is 18.2. The molecule has 0 saturated carbocycles. The summed E-state index contributed by atoms with van der Waals surface area (Å²) in [6.07, 6.45) is 0. The van der Waals surface area contributed by atoms with E-state index < -0.39 is 0 Å². The van der Waals surface area contributed by atoms with Crippen molar-refractivity contribution in [1.29, 1.82) is 0 Å². The number of carbonyl (C=O) groups is 1. The third-order valence-electron chi connectivity index (χ3n) is 4.19. The number of thioether (sulfide) groups is 1. The molecular weight excluding hydrogens is 377 g/mol. The van der Waals surface area contributed by atoms with Gasteiger partial charge in [-0.3, -0.25) is 4.79 Å². The van der Waals surface area contributed by atoms with Crippen LogP contribution in [0.1, 0.15) is 5.56 Å². The molecule has 1 aromatic heterocycles. The smallest absolute Gasteiger partial charge is 0.277 e. The van der Waals surface area contributed by atoms with Crippen molar-refractivity contribution in [2.45, 2.75) is 12.1 Å². The minimum atomic E-state index is -0.336. The number of anilines is 1. The lowest BCUT2D eigenvalue weighted by Gasteiger charge is -2.07. The van der Waals surface area contributed by atoms with Gasteiger partial charge in [-0.2, -0.15) is 0 Å². The van der Waals surface area contributed by atoms with E-state index in [1.807, 2.05) is 42.5 Å². The Hall–Kier alpha value is -3.19. The molecule has 4 rings (SSSR count). The topological polar surface area (TPSA) is 68.0 Å². The average Bonchev–Trinajstić information content (AvgIpc) is 3.17. The summed E-state index contributed by atoms with van der Waals surface area (Å²) >= 11 is 1.15. The largest absolute Gasteiger partial charge is 0.411 e. The molecule has 4 aromatic rings. The number of fused-ring (bicyclic) bond motifs is 1. The molecule has 1 heterocycles. The maximum absolute atomic E-state index is 13.1. The molecule has 0 atom stereocenters. The summed E-state index contributed by atoms with van der Waals surface area (Å²) in [5, 5.41) is 13.3. The van der Waals surface area contributed by atoms with Gasteiger partial charge in [-0.25, -0.2) is 4.39 Å². The monoisotopic (exact) mass is 393 g/mol. The SMILES string of the molecule is Cc1cc(F)ccc1NC(=O)CSc1nnc(-c2ccc3ccccc3c2)o1. The molecule has 0 aliphatic heterocycles. The van der Waals surface area contributed by atoms with Crippen LogP contribution in [0.5, 0.6) is 0 Å². The molecule has 0 spiro atoms. The van der Waals surface area contributed by atoms with Crippen molar-refractivity contribution in [3.63, 3.8) is 0 Å². The van der Waals surface area contributed by atoms with Gasteiger partial charge in [-0.15, -0.1) is 10.2 Å². The van der Waals surface area contributed by atoms with Gasteiger partial charge in [-0.1, -0.05) is 42.1 Å². The maximum atomic E-state index is 13.1. The molecule has 0 aliphatic rings. The van der Waals surface area contributed by atoms with Crippen molar-refractivity contribution in [3.8, 4) is 11.5 Å². The number of rotatable bonds is 5. The fourth-order valence-electron chi connectivity index (χ4n) is 2.79. The van der Waals surface area contributed by atoms with Crippen molar-refractivity contribution in [3.05, 3.63) is 72.0 Å². The second kappa shape index (κ2) is 7.82. The molecule has 1 N–H and O–H groups in total. The first-order valence-corrected chi connectivity index (χ1v) is 9.58. The van der Waals surface area contributed by atoms with E-state index in [0.717, 1.165) is 28.1 Å². The molecule has 7 heteroatoms. The van der Waals surface area contributed by atoms with Crippen LogP contribution >= 0.6 is 11.8 Å². The summed E-state index contributed by atoms with van der Waals surface area (Å²) in [5.41, 5.74) is 2.06. The summed E-state index contributed by atoms with van der Waals surface area (Å²) in [4.78, 5) is 12.1.